The molecular weight excluding hydrogens is 368 g/mol. The molecule has 0 aliphatic heterocycles. The second-order valence-corrected chi connectivity index (χ2v) is 6.33. The van der Waals surface area contributed by atoms with E-state index >= 15 is 4.39 Å². The van der Waals surface area contributed by atoms with Gasteiger partial charge >= 0.3 is 0 Å². The van der Waals surface area contributed by atoms with Crippen molar-refractivity contribution in [2.75, 3.05) is 6.54 Å². The molecule has 1 heterocycles. The molecule has 0 bridgehead atoms. The highest BCUT2D eigenvalue weighted by atomic mass is 35.5. The summed E-state index contributed by atoms with van der Waals surface area (Å²) in [5.74, 6) is -1.42. The van der Waals surface area contributed by atoms with E-state index in [0.29, 0.717) is 15.6 Å². The van der Waals surface area contributed by atoms with Crippen LogP contribution in [-0.2, 0) is 17.0 Å². The van der Waals surface area contributed by atoms with E-state index in [2.05, 4.69) is 10.3 Å². The van der Waals surface area contributed by atoms with Crippen molar-refractivity contribution in [2.24, 2.45) is 5.73 Å². The van der Waals surface area contributed by atoms with E-state index < -0.39 is 17.5 Å². The lowest BCUT2D eigenvalue weighted by Crippen LogP contribution is -2.41. The monoisotopic (exact) mass is 385 g/mol. The Labute approximate surface area is 155 Å². The molecule has 1 atom stereocenters. The van der Waals surface area contributed by atoms with Gasteiger partial charge in [-0.1, -0.05) is 29.3 Å². The van der Waals surface area contributed by atoms with Crippen LogP contribution in [-0.4, -0.2) is 22.5 Å². The summed E-state index contributed by atoms with van der Waals surface area (Å²) in [5, 5.41) is 13.2. The summed E-state index contributed by atoms with van der Waals surface area (Å²) in [5.41, 5.74) is 3.40. The van der Waals surface area contributed by atoms with E-state index in [4.69, 9.17) is 28.9 Å². The van der Waals surface area contributed by atoms with Crippen LogP contribution < -0.4 is 11.1 Å². The predicted octanol–water partition coefficient (Wildman–Crippen LogP) is 3.31. The van der Waals surface area contributed by atoms with Gasteiger partial charge in [-0.2, -0.15) is 0 Å². The molecule has 0 fully saturated rings. The summed E-state index contributed by atoms with van der Waals surface area (Å²) in [6.45, 7) is 0.229. The van der Waals surface area contributed by atoms with Gasteiger partial charge in [-0.15, -0.1) is 0 Å². The highest BCUT2D eigenvalue weighted by Crippen LogP contribution is 2.36. The standard InChI is InChI=1S/C17H18Cl2FN3O2/c18-12-5-4-11(14(19)9-12)10-23-16(25)17(20,6-2-7-21)13-3-1-8-22-15(13)24/h1,3-5,8-9H,2,6-7,10,21H2,(H,22,24)(H,23,25)/t17-/m1/s1. The third-order valence-corrected chi connectivity index (χ3v) is 4.34. The van der Waals surface area contributed by atoms with Gasteiger partial charge < -0.3 is 16.2 Å². The lowest BCUT2D eigenvalue weighted by atomic mass is 9.90. The second kappa shape index (κ2) is 8.47. The van der Waals surface area contributed by atoms with Crippen molar-refractivity contribution in [3.63, 3.8) is 0 Å². The fourth-order valence-corrected chi connectivity index (χ4v) is 2.88. The Morgan fingerprint density at radius 3 is 2.76 bits per heavy atom. The Morgan fingerprint density at radius 1 is 1.36 bits per heavy atom. The van der Waals surface area contributed by atoms with Gasteiger partial charge in [-0.25, -0.2) is 9.37 Å². The number of hydrogen-bond acceptors (Lipinski definition) is 4. The first-order chi connectivity index (χ1) is 11.9. The summed E-state index contributed by atoms with van der Waals surface area (Å²) >= 11 is 11.9. The molecular formula is C17H18Cl2FN3O2. The number of amides is 1. The zero-order chi connectivity index (χ0) is 18.4. The number of benzene rings is 1. The molecule has 0 aliphatic rings. The zero-order valence-corrected chi connectivity index (χ0v) is 14.8. The van der Waals surface area contributed by atoms with Crippen LogP contribution in [0.4, 0.5) is 4.39 Å². The minimum absolute atomic E-state index is 0.0180. The topological polar surface area (TPSA) is 88.2 Å². The Balaban J connectivity index is 2.22. The number of nitrogens with zero attached hydrogens (tertiary/aromatic N) is 1. The van der Waals surface area contributed by atoms with Crippen LogP contribution in [0.2, 0.25) is 10.0 Å². The van der Waals surface area contributed by atoms with Crippen LogP contribution in [0.5, 0.6) is 5.88 Å². The quantitative estimate of drug-likeness (QED) is 0.681. The Hall–Kier alpha value is -1.89. The van der Waals surface area contributed by atoms with Gasteiger partial charge in [0.15, 0.2) is 0 Å². The molecule has 0 saturated heterocycles. The number of pyridine rings is 1. The van der Waals surface area contributed by atoms with Crippen LogP contribution in [0.25, 0.3) is 0 Å². The minimum atomic E-state index is -2.45. The van der Waals surface area contributed by atoms with E-state index in [1.54, 1.807) is 12.1 Å². The molecule has 0 saturated carbocycles. The van der Waals surface area contributed by atoms with Gasteiger partial charge in [-0.3, -0.25) is 4.79 Å². The third-order valence-electron chi connectivity index (χ3n) is 3.75. The number of aromatic nitrogens is 1. The van der Waals surface area contributed by atoms with Crippen LogP contribution in [0.3, 0.4) is 0 Å². The number of halogens is 3. The zero-order valence-electron chi connectivity index (χ0n) is 13.3. The SMILES string of the molecule is NCCC[C@](F)(C(=O)NCc1ccc(Cl)cc1Cl)c1cccnc1O. The summed E-state index contributed by atoms with van der Waals surface area (Å²) in [6.07, 6.45) is 1.40. The van der Waals surface area contributed by atoms with Gasteiger partial charge in [0.2, 0.25) is 11.5 Å². The van der Waals surface area contributed by atoms with Crippen molar-refractivity contribution in [2.45, 2.75) is 25.1 Å². The second-order valence-electron chi connectivity index (χ2n) is 5.49. The van der Waals surface area contributed by atoms with Crippen LogP contribution in [0.1, 0.15) is 24.0 Å². The van der Waals surface area contributed by atoms with E-state index in [1.807, 2.05) is 0 Å². The van der Waals surface area contributed by atoms with Gasteiger partial charge in [-0.05, 0) is 49.2 Å². The number of rotatable bonds is 7. The molecule has 1 aromatic heterocycles. The van der Waals surface area contributed by atoms with E-state index in [0.717, 1.165) is 0 Å². The summed E-state index contributed by atoms with van der Waals surface area (Å²) < 4.78 is 15.5. The number of nitrogens with two attached hydrogens (primary N) is 1. The maximum Gasteiger partial charge on any atom is 0.262 e. The molecule has 8 heteroatoms. The molecule has 25 heavy (non-hydrogen) atoms. The van der Waals surface area contributed by atoms with Gasteiger partial charge in [0.25, 0.3) is 5.91 Å². The molecule has 5 nitrogen and oxygen atoms in total. The molecule has 2 aromatic rings. The average molecular weight is 386 g/mol. The number of carbonyl (C=O) groups is 1. The molecule has 4 N–H and O–H groups in total. The van der Waals surface area contributed by atoms with Crippen molar-refractivity contribution in [3.05, 3.63) is 57.7 Å². The van der Waals surface area contributed by atoms with Crippen LogP contribution in [0, 0.1) is 0 Å². The average Bonchev–Trinajstić information content (AvgIpc) is 2.59. The van der Waals surface area contributed by atoms with E-state index in [-0.39, 0.29) is 31.5 Å². The first-order valence-corrected chi connectivity index (χ1v) is 8.39. The Kier molecular flexibility index (Phi) is 6.58. The molecule has 1 aromatic carbocycles. The molecule has 0 radical (unpaired) electrons. The first-order valence-electron chi connectivity index (χ1n) is 7.64. The molecule has 1 amide bonds. The lowest BCUT2D eigenvalue weighted by Gasteiger charge is -2.25. The van der Waals surface area contributed by atoms with Crippen molar-refractivity contribution < 1.29 is 14.3 Å². The number of aromatic hydroxyl groups is 1. The maximum absolute atomic E-state index is 15.5. The molecule has 2 rings (SSSR count). The van der Waals surface area contributed by atoms with Gasteiger partial charge in [0.05, 0.1) is 5.56 Å². The number of hydrogen-bond donors (Lipinski definition) is 3. The molecule has 0 unspecified atom stereocenters. The van der Waals surface area contributed by atoms with E-state index in [1.165, 1.54) is 24.4 Å². The maximum atomic E-state index is 15.5. The smallest absolute Gasteiger partial charge is 0.262 e. The number of carbonyl (C=O) groups excluding carboxylic acids is 1. The summed E-state index contributed by atoms with van der Waals surface area (Å²) in [6, 6.07) is 7.59. The Morgan fingerprint density at radius 2 is 2.12 bits per heavy atom. The highest BCUT2D eigenvalue weighted by molar-refractivity contribution is 6.35. The fourth-order valence-electron chi connectivity index (χ4n) is 2.40. The normalized spacial score (nSPS) is 13.3. The molecule has 0 spiro atoms. The highest BCUT2D eigenvalue weighted by Gasteiger charge is 2.42. The number of nitrogens with one attached hydrogen (secondary N) is 1. The summed E-state index contributed by atoms with van der Waals surface area (Å²) in [4.78, 5) is 16.2. The summed E-state index contributed by atoms with van der Waals surface area (Å²) in [7, 11) is 0. The van der Waals surface area contributed by atoms with Crippen LogP contribution in [0.15, 0.2) is 36.5 Å². The molecule has 0 aliphatic carbocycles. The molecule has 134 valence electrons. The van der Waals surface area contributed by atoms with Crippen LogP contribution >= 0.6 is 23.2 Å². The largest absolute Gasteiger partial charge is 0.493 e. The minimum Gasteiger partial charge on any atom is -0.493 e. The lowest BCUT2D eigenvalue weighted by molar-refractivity contribution is -0.134. The number of alkyl halides is 1. The third kappa shape index (κ3) is 4.60. The predicted molar refractivity (Wildman–Crippen MR) is 95.3 cm³/mol. The first kappa shape index (κ1) is 19.4. The van der Waals surface area contributed by atoms with Gasteiger partial charge in [0, 0.05) is 22.8 Å². The van der Waals surface area contributed by atoms with Crippen molar-refractivity contribution >= 4 is 29.1 Å². The van der Waals surface area contributed by atoms with Crippen molar-refractivity contribution in [1.82, 2.24) is 10.3 Å². The van der Waals surface area contributed by atoms with E-state index in [9.17, 15) is 9.90 Å². The fraction of sp³-hybridized carbons (Fsp3) is 0.294. The van der Waals surface area contributed by atoms with Gasteiger partial charge in [0.1, 0.15) is 0 Å². The van der Waals surface area contributed by atoms with Crippen molar-refractivity contribution in [3.8, 4) is 5.88 Å². The van der Waals surface area contributed by atoms with Crippen molar-refractivity contribution in [1.29, 1.82) is 0 Å². The Bertz CT molecular complexity index is 760.